The minimum atomic E-state index is 1.02. The second-order valence-electron chi connectivity index (χ2n) is 2.67. The third-order valence-electron chi connectivity index (χ3n) is 1.60. The van der Waals surface area contributed by atoms with Crippen molar-refractivity contribution in [2.75, 3.05) is 0 Å². The highest BCUT2D eigenvalue weighted by Crippen LogP contribution is 2.08. The molecule has 0 N–H and O–H groups in total. The van der Waals surface area contributed by atoms with Crippen molar-refractivity contribution in [3.8, 4) is 0 Å². The van der Waals surface area contributed by atoms with Gasteiger partial charge in [-0.2, -0.15) is 0 Å². The topological polar surface area (TPSA) is 13.1 Å². The van der Waals surface area contributed by atoms with Gasteiger partial charge in [0.25, 0.3) is 0 Å². The van der Waals surface area contributed by atoms with Gasteiger partial charge in [0.05, 0.1) is 6.26 Å². The van der Waals surface area contributed by atoms with E-state index >= 15 is 0 Å². The van der Waals surface area contributed by atoms with E-state index in [2.05, 4.69) is 13.0 Å². The Balaban J connectivity index is 2.42. The summed E-state index contributed by atoms with van der Waals surface area (Å²) in [7, 11) is 0. The van der Waals surface area contributed by atoms with Gasteiger partial charge in [0.2, 0.25) is 0 Å². The fourth-order valence-corrected chi connectivity index (χ4v) is 1.01. The van der Waals surface area contributed by atoms with Crippen LogP contribution in [0.5, 0.6) is 0 Å². The van der Waals surface area contributed by atoms with Gasteiger partial charge in [-0.05, 0) is 31.4 Å². The number of unbranched alkanes of at least 4 members (excludes halogenated alkanes) is 1. The summed E-state index contributed by atoms with van der Waals surface area (Å²) in [6.07, 6.45) is 5.53. The van der Waals surface area contributed by atoms with Gasteiger partial charge in [0.15, 0.2) is 0 Å². The minimum absolute atomic E-state index is 1.02. The van der Waals surface area contributed by atoms with Gasteiger partial charge in [-0.15, -0.1) is 0 Å². The lowest BCUT2D eigenvalue weighted by Gasteiger charge is -1.89. The average Bonchev–Trinajstić information content (AvgIpc) is 2.31. The van der Waals surface area contributed by atoms with Crippen LogP contribution in [0, 0.1) is 6.92 Å². The molecule has 0 radical (unpaired) electrons. The Bertz CT molecular complexity index is 188. The normalized spacial score (nSPS) is 10.2. The molecule has 0 aliphatic heterocycles. The van der Waals surface area contributed by atoms with Crippen molar-refractivity contribution < 1.29 is 4.42 Å². The van der Waals surface area contributed by atoms with Crippen LogP contribution < -0.4 is 0 Å². The molecule has 0 bridgehead atoms. The molecule has 1 heterocycles. The quantitative estimate of drug-likeness (QED) is 0.626. The fourth-order valence-electron chi connectivity index (χ4n) is 1.01. The molecule has 0 aromatic carbocycles. The van der Waals surface area contributed by atoms with Gasteiger partial charge < -0.3 is 4.42 Å². The fraction of sp³-hybridized carbons (Fsp3) is 0.556. The van der Waals surface area contributed by atoms with Crippen LogP contribution in [0.2, 0.25) is 0 Å². The maximum absolute atomic E-state index is 5.16. The molecule has 0 saturated heterocycles. The lowest BCUT2D eigenvalue weighted by atomic mass is 10.1. The molecule has 56 valence electrons. The van der Waals surface area contributed by atoms with Crippen LogP contribution in [0.25, 0.3) is 0 Å². The van der Waals surface area contributed by atoms with Gasteiger partial charge >= 0.3 is 0 Å². The lowest BCUT2D eigenvalue weighted by molar-refractivity contribution is 0.531. The standard InChI is InChI=1S/C9H14O/c1-3-4-5-9-6-8(2)10-7-9/h6-7H,3-5H2,1-2H3. The summed E-state index contributed by atoms with van der Waals surface area (Å²) in [5.74, 6) is 1.02. The van der Waals surface area contributed by atoms with Crippen LogP contribution in [0.15, 0.2) is 16.7 Å². The number of aryl methyl sites for hydroxylation is 2. The van der Waals surface area contributed by atoms with E-state index in [4.69, 9.17) is 4.42 Å². The highest BCUT2D eigenvalue weighted by molar-refractivity contribution is 5.11. The molecule has 0 unspecified atom stereocenters. The van der Waals surface area contributed by atoms with Gasteiger partial charge in [-0.3, -0.25) is 0 Å². The lowest BCUT2D eigenvalue weighted by Crippen LogP contribution is -1.78. The van der Waals surface area contributed by atoms with E-state index in [1.807, 2.05) is 13.2 Å². The van der Waals surface area contributed by atoms with Crippen molar-refractivity contribution in [1.29, 1.82) is 0 Å². The molecule has 1 heteroatoms. The van der Waals surface area contributed by atoms with Crippen LogP contribution in [0.4, 0.5) is 0 Å². The second kappa shape index (κ2) is 3.45. The molecule has 1 nitrogen and oxygen atoms in total. The molecule has 0 saturated carbocycles. The first-order chi connectivity index (χ1) is 4.83. The van der Waals surface area contributed by atoms with Crippen molar-refractivity contribution in [3.05, 3.63) is 23.7 Å². The summed E-state index contributed by atoms with van der Waals surface area (Å²) < 4.78 is 5.16. The van der Waals surface area contributed by atoms with E-state index in [1.54, 1.807) is 0 Å². The molecule has 0 atom stereocenters. The summed E-state index contributed by atoms with van der Waals surface area (Å²) in [4.78, 5) is 0. The number of hydrogen-bond donors (Lipinski definition) is 0. The molecule has 1 rings (SSSR count). The Kier molecular flexibility index (Phi) is 2.55. The van der Waals surface area contributed by atoms with Crippen LogP contribution in [-0.2, 0) is 6.42 Å². The van der Waals surface area contributed by atoms with E-state index < -0.39 is 0 Å². The van der Waals surface area contributed by atoms with Crippen LogP contribution >= 0.6 is 0 Å². The zero-order valence-corrected chi connectivity index (χ0v) is 6.68. The first-order valence-corrected chi connectivity index (χ1v) is 3.87. The van der Waals surface area contributed by atoms with E-state index in [1.165, 1.54) is 18.4 Å². The maximum atomic E-state index is 5.16. The molecule has 0 spiro atoms. The largest absolute Gasteiger partial charge is 0.469 e. The van der Waals surface area contributed by atoms with E-state index in [0.29, 0.717) is 0 Å². The summed E-state index contributed by atoms with van der Waals surface area (Å²) in [6, 6.07) is 2.11. The molecule has 0 amide bonds. The SMILES string of the molecule is CCCCc1coc(C)c1. The Morgan fingerprint density at radius 3 is 2.80 bits per heavy atom. The zero-order chi connectivity index (χ0) is 7.40. The van der Waals surface area contributed by atoms with Gasteiger partial charge in [-0.25, -0.2) is 0 Å². The molecule has 0 aliphatic rings. The zero-order valence-electron chi connectivity index (χ0n) is 6.68. The molecular formula is C9H14O. The van der Waals surface area contributed by atoms with E-state index in [0.717, 1.165) is 12.2 Å². The van der Waals surface area contributed by atoms with Crippen LogP contribution in [-0.4, -0.2) is 0 Å². The molecule has 0 aliphatic carbocycles. The number of hydrogen-bond acceptors (Lipinski definition) is 1. The summed E-state index contributed by atoms with van der Waals surface area (Å²) >= 11 is 0. The highest BCUT2D eigenvalue weighted by Gasteiger charge is 1.95. The Morgan fingerprint density at radius 2 is 2.30 bits per heavy atom. The third kappa shape index (κ3) is 1.90. The van der Waals surface area contributed by atoms with Crippen molar-refractivity contribution in [2.45, 2.75) is 33.1 Å². The van der Waals surface area contributed by atoms with Gasteiger partial charge in [0, 0.05) is 0 Å². The smallest absolute Gasteiger partial charge is 0.100 e. The van der Waals surface area contributed by atoms with Crippen molar-refractivity contribution in [1.82, 2.24) is 0 Å². The first-order valence-electron chi connectivity index (χ1n) is 3.87. The second-order valence-corrected chi connectivity index (χ2v) is 2.67. The number of furan rings is 1. The molecule has 10 heavy (non-hydrogen) atoms. The average molecular weight is 138 g/mol. The summed E-state index contributed by atoms with van der Waals surface area (Å²) in [5.41, 5.74) is 1.33. The predicted molar refractivity (Wildman–Crippen MR) is 42.1 cm³/mol. The van der Waals surface area contributed by atoms with Crippen molar-refractivity contribution in [2.24, 2.45) is 0 Å². The molecular weight excluding hydrogens is 124 g/mol. The molecule has 1 aromatic rings. The molecule has 0 fully saturated rings. The van der Waals surface area contributed by atoms with E-state index in [9.17, 15) is 0 Å². The van der Waals surface area contributed by atoms with Crippen LogP contribution in [0.1, 0.15) is 31.1 Å². The Morgan fingerprint density at radius 1 is 1.50 bits per heavy atom. The Labute approximate surface area is 62.1 Å². The van der Waals surface area contributed by atoms with Crippen molar-refractivity contribution in [3.63, 3.8) is 0 Å². The molecule has 1 aromatic heterocycles. The maximum Gasteiger partial charge on any atom is 0.100 e. The predicted octanol–water partition coefficient (Wildman–Crippen LogP) is 2.93. The number of rotatable bonds is 3. The first kappa shape index (κ1) is 7.39. The van der Waals surface area contributed by atoms with Crippen LogP contribution in [0.3, 0.4) is 0 Å². The monoisotopic (exact) mass is 138 g/mol. The highest BCUT2D eigenvalue weighted by atomic mass is 16.3. The third-order valence-corrected chi connectivity index (χ3v) is 1.60. The van der Waals surface area contributed by atoms with Gasteiger partial charge in [-0.1, -0.05) is 13.3 Å². The summed E-state index contributed by atoms with van der Waals surface area (Å²) in [5, 5.41) is 0. The van der Waals surface area contributed by atoms with E-state index in [-0.39, 0.29) is 0 Å². The minimum Gasteiger partial charge on any atom is -0.469 e. The Hall–Kier alpha value is -0.720. The van der Waals surface area contributed by atoms with Gasteiger partial charge in [0.1, 0.15) is 5.76 Å². The summed E-state index contributed by atoms with van der Waals surface area (Å²) in [6.45, 7) is 4.18. The van der Waals surface area contributed by atoms with Crippen molar-refractivity contribution >= 4 is 0 Å².